The molecular formula is C26H37NO5. The Hall–Kier alpha value is -1.92. The van der Waals surface area contributed by atoms with Crippen molar-refractivity contribution in [2.45, 2.75) is 101 Å². The van der Waals surface area contributed by atoms with E-state index < -0.39 is 5.92 Å². The number of nitrogens with zero attached hydrogens (tertiary/aromatic N) is 1. The molecule has 0 radical (unpaired) electrons. The minimum atomic E-state index is -0.590. The van der Waals surface area contributed by atoms with Crippen molar-refractivity contribution in [1.29, 1.82) is 0 Å². The summed E-state index contributed by atoms with van der Waals surface area (Å²) < 4.78 is 17.2. The van der Waals surface area contributed by atoms with Crippen molar-refractivity contribution in [3.8, 4) is 0 Å². The smallest absolute Gasteiger partial charge is 0.317 e. The number of unbranched alkanes of at least 4 members (excludes halogenated alkanes) is 5. The first-order valence-electron chi connectivity index (χ1n) is 12.4. The fourth-order valence-electron chi connectivity index (χ4n) is 5.33. The molecule has 4 rings (SSSR count). The number of rotatable bonds is 12. The Morgan fingerprint density at radius 3 is 2.38 bits per heavy atom. The number of fused-ring (bicyclic) bond motifs is 5. The van der Waals surface area contributed by atoms with E-state index in [1.807, 2.05) is 30.3 Å². The predicted octanol–water partition coefficient (Wildman–Crippen LogP) is 4.22. The van der Waals surface area contributed by atoms with E-state index >= 15 is 0 Å². The van der Waals surface area contributed by atoms with Crippen LogP contribution in [0.5, 0.6) is 0 Å². The van der Waals surface area contributed by atoms with E-state index in [-0.39, 0.29) is 24.6 Å². The predicted molar refractivity (Wildman–Crippen MR) is 121 cm³/mol. The highest BCUT2D eigenvalue weighted by Gasteiger charge is 2.62. The average molecular weight is 444 g/mol. The third-order valence-electron chi connectivity index (χ3n) is 7.29. The van der Waals surface area contributed by atoms with Crippen molar-refractivity contribution < 1.29 is 23.8 Å². The highest BCUT2D eigenvalue weighted by molar-refractivity contribution is 5.79. The van der Waals surface area contributed by atoms with Crippen molar-refractivity contribution >= 4 is 11.9 Å². The summed E-state index contributed by atoms with van der Waals surface area (Å²) in [6.45, 7) is 2.23. The molecule has 0 aliphatic carbocycles. The summed E-state index contributed by atoms with van der Waals surface area (Å²) >= 11 is 0. The van der Waals surface area contributed by atoms with E-state index in [2.05, 4.69) is 18.9 Å². The molecule has 1 aromatic rings. The third-order valence-corrected chi connectivity index (χ3v) is 7.29. The van der Waals surface area contributed by atoms with Gasteiger partial charge in [0.25, 0.3) is 0 Å². The molecule has 3 aliphatic heterocycles. The number of carbonyl (C=O) groups excluding carboxylic acids is 2. The number of piperidine rings is 1. The maximum Gasteiger partial charge on any atom is 0.317 e. The van der Waals surface area contributed by atoms with Crippen molar-refractivity contribution in [2.24, 2.45) is 0 Å². The molecule has 2 bridgehead atoms. The summed E-state index contributed by atoms with van der Waals surface area (Å²) in [5.74, 6) is -1.12. The molecule has 3 heterocycles. The van der Waals surface area contributed by atoms with Crippen molar-refractivity contribution in [3.05, 3.63) is 35.9 Å². The number of hydrogen-bond acceptors (Lipinski definition) is 6. The van der Waals surface area contributed by atoms with E-state index in [9.17, 15) is 9.59 Å². The van der Waals surface area contributed by atoms with Gasteiger partial charge in [0.05, 0.1) is 0 Å². The second kappa shape index (κ2) is 10.8. The van der Waals surface area contributed by atoms with Crippen LogP contribution in [0.25, 0.3) is 0 Å². The number of carbonyl (C=O) groups is 2. The van der Waals surface area contributed by atoms with E-state index in [1.54, 1.807) is 0 Å². The highest BCUT2D eigenvalue weighted by Crippen LogP contribution is 2.48. The third kappa shape index (κ3) is 5.52. The molecule has 0 spiro atoms. The topological polar surface area (TPSA) is 68.4 Å². The van der Waals surface area contributed by atoms with Gasteiger partial charge in [0, 0.05) is 31.3 Å². The Kier molecular flexibility index (Phi) is 7.84. The van der Waals surface area contributed by atoms with Gasteiger partial charge in [0.2, 0.25) is 0 Å². The zero-order valence-corrected chi connectivity index (χ0v) is 19.4. The van der Waals surface area contributed by atoms with Crippen LogP contribution < -0.4 is 0 Å². The van der Waals surface area contributed by atoms with Crippen LogP contribution in [0, 0.1) is 0 Å². The number of esters is 2. The van der Waals surface area contributed by atoms with Gasteiger partial charge in [-0.1, -0.05) is 69.4 Å². The van der Waals surface area contributed by atoms with Crippen LogP contribution in [0.1, 0.15) is 76.2 Å². The zero-order chi connectivity index (χ0) is 22.5. The largest absolute Gasteiger partial charge is 0.464 e. The number of likely N-dealkylation sites (N-methyl/N-ethyl adjacent to an activating group) is 1. The van der Waals surface area contributed by atoms with Gasteiger partial charge in [-0.05, 0) is 19.0 Å². The Labute approximate surface area is 191 Å². The maximum absolute atomic E-state index is 13.1. The maximum atomic E-state index is 13.1. The normalized spacial score (nSPS) is 29.2. The van der Waals surface area contributed by atoms with Gasteiger partial charge >= 0.3 is 11.9 Å². The van der Waals surface area contributed by atoms with E-state index in [0.29, 0.717) is 30.7 Å². The first-order valence-corrected chi connectivity index (χ1v) is 12.4. The summed E-state index contributed by atoms with van der Waals surface area (Å²) in [6, 6.07) is 10.2. The number of benzene rings is 1. The molecule has 3 saturated heterocycles. The zero-order valence-electron chi connectivity index (χ0n) is 19.4. The monoisotopic (exact) mass is 443 g/mol. The first-order chi connectivity index (χ1) is 15.6. The van der Waals surface area contributed by atoms with Gasteiger partial charge in [-0.15, -0.1) is 0 Å². The van der Waals surface area contributed by atoms with Crippen molar-refractivity contribution in [2.75, 3.05) is 13.7 Å². The molecule has 0 N–H and O–H groups in total. The molecule has 3 aliphatic rings. The summed E-state index contributed by atoms with van der Waals surface area (Å²) in [7, 11) is 2.14. The quantitative estimate of drug-likeness (QED) is 0.274. The van der Waals surface area contributed by atoms with E-state index in [4.69, 9.17) is 14.2 Å². The van der Waals surface area contributed by atoms with Crippen molar-refractivity contribution in [3.63, 3.8) is 0 Å². The molecule has 176 valence electrons. The molecule has 6 heteroatoms. The molecule has 1 unspecified atom stereocenters. The molecule has 32 heavy (non-hydrogen) atoms. The van der Waals surface area contributed by atoms with Gasteiger partial charge in [0.15, 0.2) is 0 Å². The standard InChI is InChI=1S/C26H37NO5/c1-3-4-5-6-7-11-14-23(28)30-17-20(18-12-9-8-10-13-18)26(29)31-19-15-21-24-25(32-24)22(16-19)27(21)2/h8-10,12-13,19-22,24-25H,3-7,11,14-17H2,1-2H3/t19?,20-,21-,22+,24-,25+/m1/s1. The summed E-state index contributed by atoms with van der Waals surface area (Å²) in [5, 5.41) is 0. The van der Waals surface area contributed by atoms with Gasteiger partial charge in [0.1, 0.15) is 30.8 Å². The second-order valence-electron chi connectivity index (χ2n) is 9.56. The fourth-order valence-corrected chi connectivity index (χ4v) is 5.33. The fraction of sp³-hybridized carbons (Fsp3) is 0.692. The van der Waals surface area contributed by atoms with Crippen LogP contribution in [0.2, 0.25) is 0 Å². The number of morpholine rings is 1. The van der Waals surface area contributed by atoms with Gasteiger partial charge in [-0.25, -0.2) is 0 Å². The number of hydrogen-bond donors (Lipinski definition) is 0. The van der Waals surface area contributed by atoms with Crippen molar-refractivity contribution in [1.82, 2.24) is 4.90 Å². The second-order valence-corrected chi connectivity index (χ2v) is 9.56. The SMILES string of the molecule is CCCCCCCCC(=O)OC[C@@H](C(=O)OC1C[C@@H]2[C@H]3O[C@H]3[C@H](C1)N2C)c1ccccc1. The average Bonchev–Trinajstić information content (AvgIpc) is 3.55. The molecule has 0 saturated carbocycles. The Morgan fingerprint density at radius 2 is 1.69 bits per heavy atom. The Morgan fingerprint density at radius 1 is 1.03 bits per heavy atom. The minimum Gasteiger partial charge on any atom is -0.464 e. The van der Waals surface area contributed by atoms with Crippen LogP contribution in [-0.2, 0) is 23.8 Å². The highest BCUT2D eigenvalue weighted by atomic mass is 16.6. The molecule has 6 nitrogen and oxygen atoms in total. The summed E-state index contributed by atoms with van der Waals surface area (Å²) in [6.07, 6.45) is 9.26. The van der Waals surface area contributed by atoms with E-state index in [1.165, 1.54) is 19.3 Å². The number of epoxide rings is 1. The lowest BCUT2D eigenvalue weighted by Gasteiger charge is -2.38. The lowest BCUT2D eigenvalue weighted by molar-refractivity contribution is -0.159. The Balaban J connectivity index is 1.27. The summed E-state index contributed by atoms with van der Waals surface area (Å²) in [5.41, 5.74) is 0.826. The Bertz CT molecular complexity index is 751. The summed E-state index contributed by atoms with van der Waals surface area (Å²) in [4.78, 5) is 27.8. The van der Waals surface area contributed by atoms with Crippen LogP contribution in [0.15, 0.2) is 30.3 Å². The first kappa shape index (κ1) is 23.2. The molecule has 0 amide bonds. The van der Waals surface area contributed by atoms with Crippen LogP contribution >= 0.6 is 0 Å². The lowest BCUT2D eigenvalue weighted by atomic mass is 9.97. The number of ether oxygens (including phenoxy) is 3. The molecule has 0 aromatic heterocycles. The van der Waals surface area contributed by atoms with Gasteiger partial charge in [-0.3, -0.25) is 14.5 Å². The lowest BCUT2D eigenvalue weighted by Crippen LogP contribution is -2.48. The van der Waals surface area contributed by atoms with Crippen LogP contribution in [-0.4, -0.2) is 60.9 Å². The molecule has 1 aromatic carbocycles. The van der Waals surface area contributed by atoms with Gasteiger partial charge in [-0.2, -0.15) is 0 Å². The van der Waals surface area contributed by atoms with E-state index in [0.717, 1.165) is 37.7 Å². The van der Waals surface area contributed by atoms with Crippen LogP contribution in [0.4, 0.5) is 0 Å². The van der Waals surface area contributed by atoms with Crippen LogP contribution in [0.3, 0.4) is 0 Å². The molecular weight excluding hydrogens is 406 g/mol. The molecule has 6 atom stereocenters. The van der Waals surface area contributed by atoms with Gasteiger partial charge < -0.3 is 14.2 Å². The minimum absolute atomic E-state index is 0.0331. The molecule has 3 fully saturated rings.